The zero-order valence-corrected chi connectivity index (χ0v) is 18.5. The first kappa shape index (κ1) is 23.2. The molecule has 2 aliphatic heterocycles. The summed E-state index contributed by atoms with van der Waals surface area (Å²) in [5, 5.41) is 44.1. The fraction of sp³-hybridized carbons (Fsp3) is 0.375. The van der Waals surface area contributed by atoms with Crippen molar-refractivity contribution in [2.24, 2.45) is 5.92 Å². The van der Waals surface area contributed by atoms with Crippen molar-refractivity contribution in [3.63, 3.8) is 0 Å². The molecule has 0 spiro atoms. The normalized spacial score (nSPS) is 22.6. The van der Waals surface area contributed by atoms with Gasteiger partial charge in [-0.05, 0) is 35.2 Å². The number of benzene rings is 2. The van der Waals surface area contributed by atoms with E-state index in [1.54, 1.807) is 18.2 Å². The molecule has 0 aliphatic carbocycles. The van der Waals surface area contributed by atoms with Gasteiger partial charge in [0.1, 0.15) is 6.04 Å². The van der Waals surface area contributed by atoms with Crippen LogP contribution in [0.5, 0.6) is 0 Å². The number of amides is 1. The fourth-order valence-electron chi connectivity index (χ4n) is 4.78. The standard InChI is InChI=1S/C24H24N4O7/c25-10-17(26-22(29)18-8-16-11-34-12-19(16)27-18)7-13-1-3-14(4-2-13)15-5-6-21-20(9-15)28(23(30)35-21)24(31,32)33/h1-6,9,16-19,27,31-33H,7-8,11-12H2,(H,26,29). The van der Waals surface area contributed by atoms with Crippen LogP contribution in [0.3, 0.4) is 0 Å². The molecule has 4 atom stereocenters. The van der Waals surface area contributed by atoms with E-state index in [2.05, 4.69) is 16.7 Å². The molecule has 2 fully saturated rings. The Labute approximate surface area is 199 Å². The highest BCUT2D eigenvalue weighted by atomic mass is 16.7. The third-order valence-electron chi connectivity index (χ3n) is 6.55. The van der Waals surface area contributed by atoms with Crippen molar-refractivity contribution in [3.8, 4) is 17.2 Å². The van der Waals surface area contributed by atoms with E-state index in [1.807, 2.05) is 12.1 Å². The molecule has 11 nitrogen and oxygen atoms in total. The molecule has 11 heteroatoms. The molecule has 0 radical (unpaired) electrons. The van der Waals surface area contributed by atoms with E-state index in [0.717, 1.165) is 11.1 Å². The summed E-state index contributed by atoms with van der Waals surface area (Å²) in [4.78, 5) is 24.5. The van der Waals surface area contributed by atoms with E-state index < -0.39 is 17.9 Å². The lowest BCUT2D eigenvalue weighted by molar-refractivity contribution is -0.375. The van der Waals surface area contributed by atoms with Crippen molar-refractivity contribution >= 4 is 17.0 Å². The molecule has 4 unspecified atom stereocenters. The summed E-state index contributed by atoms with van der Waals surface area (Å²) in [6.45, 7) is 1.26. The zero-order valence-electron chi connectivity index (χ0n) is 18.5. The predicted octanol–water partition coefficient (Wildman–Crippen LogP) is -0.266. The third-order valence-corrected chi connectivity index (χ3v) is 6.55. The van der Waals surface area contributed by atoms with Crippen molar-refractivity contribution in [1.29, 1.82) is 5.26 Å². The maximum Gasteiger partial charge on any atom is 0.426 e. The molecule has 35 heavy (non-hydrogen) atoms. The highest BCUT2D eigenvalue weighted by Crippen LogP contribution is 2.27. The number of hydrogen-bond donors (Lipinski definition) is 5. The Balaban J connectivity index is 1.28. The van der Waals surface area contributed by atoms with Crippen LogP contribution in [0.25, 0.3) is 22.2 Å². The Morgan fingerprint density at radius 3 is 2.63 bits per heavy atom. The molecular weight excluding hydrogens is 456 g/mol. The summed E-state index contributed by atoms with van der Waals surface area (Å²) in [5.74, 6) is -0.970. The number of nitriles is 1. The average molecular weight is 480 g/mol. The molecule has 3 aromatic rings. The second-order valence-corrected chi connectivity index (χ2v) is 8.94. The highest BCUT2D eigenvalue weighted by molar-refractivity contribution is 5.83. The first-order valence-corrected chi connectivity index (χ1v) is 11.2. The lowest BCUT2D eigenvalue weighted by atomic mass is 10.00. The van der Waals surface area contributed by atoms with Gasteiger partial charge in [0.05, 0.1) is 30.8 Å². The van der Waals surface area contributed by atoms with Crippen molar-refractivity contribution in [3.05, 3.63) is 58.6 Å². The molecule has 0 bridgehead atoms. The van der Waals surface area contributed by atoms with E-state index in [9.17, 15) is 30.2 Å². The molecule has 182 valence electrons. The SMILES string of the molecule is N#CC(Cc1ccc(-c2ccc3oc(=O)n(C(O)(O)O)c3c2)cc1)NC(=O)C1CC2COCC2N1. The Bertz CT molecular complexity index is 1340. The quantitative estimate of drug-likeness (QED) is 0.298. The number of fused-ring (bicyclic) bond motifs is 2. The number of nitrogens with one attached hydrogen (secondary N) is 2. The first-order chi connectivity index (χ1) is 16.7. The third kappa shape index (κ3) is 4.58. The van der Waals surface area contributed by atoms with Crippen molar-refractivity contribution in [2.75, 3.05) is 13.2 Å². The zero-order chi connectivity index (χ0) is 24.7. The topological polar surface area (TPSA) is 170 Å². The Hall–Kier alpha value is -3.53. The van der Waals surface area contributed by atoms with Crippen LogP contribution in [0.4, 0.5) is 0 Å². The van der Waals surface area contributed by atoms with Crippen LogP contribution in [-0.4, -0.2) is 57.1 Å². The number of aliphatic hydroxyl groups is 3. The van der Waals surface area contributed by atoms with Crippen LogP contribution < -0.4 is 16.4 Å². The number of nitrogens with zero attached hydrogens (tertiary/aromatic N) is 2. The monoisotopic (exact) mass is 480 g/mol. The van der Waals surface area contributed by atoms with Crippen molar-refractivity contribution < 1.29 is 29.3 Å². The largest absolute Gasteiger partial charge is 0.426 e. The minimum atomic E-state index is -3.40. The van der Waals surface area contributed by atoms with Gasteiger partial charge in [0, 0.05) is 18.4 Å². The number of ether oxygens (including phenoxy) is 1. The average Bonchev–Trinajstić information content (AvgIpc) is 3.50. The minimum absolute atomic E-state index is 0.00700. The predicted molar refractivity (Wildman–Crippen MR) is 121 cm³/mol. The summed E-state index contributed by atoms with van der Waals surface area (Å²) < 4.78 is 10.7. The van der Waals surface area contributed by atoms with Gasteiger partial charge in [0.2, 0.25) is 5.91 Å². The van der Waals surface area contributed by atoms with E-state index in [1.165, 1.54) is 12.1 Å². The molecule has 5 rings (SSSR count). The molecule has 5 N–H and O–H groups in total. The van der Waals surface area contributed by atoms with E-state index >= 15 is 0 Å². The van der Waals surface area contributed by atoms with Crippen LogP contribution >= 0.6 is 0 Å². The lowest BCUT2D eigenvalue weighted by Gasteiger charge is -2.17. The maximum absolute atomic E-state index is 12.6. The molecule has 2 aliphatic rings. The van der Waals surface area contributed by atoms with Crippen molar-refractivity contribution in [2.45, 2.75) is 37.1 Å². The Morgan fingerprint density at radius 2 is 1.94 bits per heavy atom. The molecule has 1 aromatic heterocycles. The minimum Gasteiger partial charge on any atom is -0.408 e. The summed E-state index contributed by atoms with van der Waals surface area (Å²) in [6.07, 6.45) is -2.38. The summed E-state index contributed by atoms with van der Waals surface area (Å²) >= 11 is 0. The number of oxazole rings is 1. The van der Waals surface area contributed by atoms with Crippen molar-refractivity contribution in [1.82, 2.24) is 15.2 Å². The van der Waals surface area contributed by atoms with Gasteiger partial charge in [-0.15, -0.1) is 0 Å². The van der Waals surface area contributed by atoms with Gasteiger partial charge >= 0.3 is 11.9 Å². The first-order valence-electron chi connectivity index (χ1n) is 11.2. The molecule has 2 saturated heterocycles. The molecule has 0 saturated carbocycles. The van der Waals surface area contributed by atoms with Gasteiger partial charge in [-0.1, -0.05) is 30.3 Å². The van der Waals surface area contributed by atoms with E-state index in [0.29, 0.717) is 42.1 Å². The van der Waals surface area contributed by atoms with Gasteiger partial charge < -0.3 is 35.1 Å². The summed E-state index contributed by atoms with van der Waals surface area (Å²) in [6, 6.07) is 13.2. The second kappa shape index (κ2) is 8.92. The molecule has 3 heterocycles. The van der Waals surface area contributed by atoms with Crippen LogP contribution in [0.15, 0.2) is 51.7 Å². The second-order valence-electron chi connectivity index (χ2n) is 8.94. The summed E-state index contributed by atoms with van der Waals surface area (Å²) in [5.41, 5.74) is 2.31. The van der Waals surface area contributed by atoms with Crippen LogP contribution in [0, 0.1) is 17.2 Å². The smallest absolute Gasteiger partial charge is 0.408 e. The van der Waals surface area contributed by atoms with Crippen LogP contribution in [0.1, 0.15) is 12.0 Å². The Morgan fingerprint density at radius 1 is 1.20 bits per heavy atom. The number of hydrogen-bond acceptors (Lipinski definition) is 9. The van der Waals surface area contributed by atoms with Gasteiger partial charge in [0.15, 0.2) is 5.58 Å². The molecule has 1 amide bonds. The highest BCUT2D eigenvalue weighted by Gasteiger charge is 2.41. The van der Waals surface area contributed by atoms with Gasteiger partial charge in [-0.3, -0.25) is 4.79 Å². The Kier molecular flexibility index (Phi) is 5.92. The fourth-order valence-corrected chi connectivity index (χ4v) is 4.78. The van der Waals surface area contributed by atoms with E-state index in [-0.39, 0.29) is 29.1 Å². The van der Waals surface area contributed by atoms with Gasteiger partial charge in [-0.25, -0.2) is 4.79 Å². The molecular formula is C24H24N4O7. The summed E-state index contributed by atoms with van der Waals surface area (Å²) in [7, 11) is 0. The van der Waals surface area contributed by atoms with Crippen LogP contribution in [0.2, 0.25) is 0 Å². The molecule has 2 aromatic carbocycles. The number of carbonyl (C=O) groups excluding carboxylic acids is 1. The number of aromatic nitrogens is 1. The maximum atomic E-state index is 12.6. The number of carbonyl (C=O) groups is 1. The van der Waals surface area contributed by atoms with Gasteiger partial charge in [-0.2, -0.15) is 9.83 Å². The van der Waals surface area contributed by atoms with Gasteiger partial charge in [0.25, 0.3) is 0 Å². The lowest BCUT2D eigenvalue weighted by Crippen LogP contribution is -2.47. The van der Waals surface area contributed by atoms with Crippen LogP contribution in [-0.2, 0) is 22.0 Å². The van der Waals surface area contributed by atoms with E-state index in [4.69, 9.17) is 9.15 Å². The number of rotatable bonds is 6.